The van der Waals surface area contributed by atoms with Crippen LogP contribution in [-0.2, 0) is 38.1 Å². The van der Waals surface area contributed by atoms with E-state index in [4.69, 9.17) is 18.9 Å². The van der Waals surface area contributed by atoms with Crippen LogP contribution in [0.3, 0.4) is 0 Å². The van der Waals surface area contributed by atoms with Crippen LogP contribution in [-0.4, -0.2) is 88.6 Å². The molecule has 0 heterocycles. The number of esters is 4. The van der Waals surface area contributed by atoms with Gasteiger partial charge in [-0.1, -0.05) is 0 Å². The van der Waals surface area contributed by atoms with Crippen LogP contribution < -0.4 is 16.0 Å². The Morgan fingerprint density at radius 2 is 0.941 bits per heavy atom. The maximum absolute atomic E-state index is 12.0. The second-order valence-corrected chi connectivity index (χ2v) is 7.35. The minimum atomic E-state index is -0.716. The van der Waals surface area contributed by atoms with E-state index in [9.17, 15) is 19.2 Å². The highest BCUT2D eigenvalue weighted by Gasteiger charge is 2.24. The fourth-order valence-corrected chi connectivity index (χ4v) is 3.00. The van der Waals surface area contributed by atoms with Gasteiger partial charge in [0.1, 0.15) is 12.1 Å². The lowest BCUT2D eigenvalue weighted by atomic mass is 10.2. The van der Waals surface area contributed by atoms with E-state index in [0.29, 0.717) is 13.1 Å². The predicted octanol–water partition coefficient (Wildman–Crippen LogP) is 0.695. The molecule has 0 saturated carbocycles. The molecule has 0 amide bonds. The monoisotopic (exact) mass is 489 g/mol. The molecule has 0 fully saturated rings. The van der Waals surface area contributed by atoms with Gasteiger partial charge in [-0.2, -0.15) is 0 Å². The fourth-order valence-electron chi connectivity index (χ4n) is 3.00. The summed E-state index contributed by atoms with van der Waals surface area (Å²) in [5.74, 6) is -1.78. The molecule has 0 rings (SSSR count). The van der Waals surface area contributed by atoms with Gasteiger partial charge in [0.15, 0.2) is 0 Å². The van der Waals surface area contributed by atoms with E-state index in [1.54, 1.807) is 27.7 Å². The molecule has 3 N–H and O–H groups in total. The van der Waals surface area contributed by atoms with Crippen molar-refractivity contribution < 1.29 is 38.1 Å². The standard InChI is InChI=1S/C23H43N3O8/c1-5-31-20(27)16-18(22(29)33-7-3)25-14-10-9-12-24-13-11-15-26-19(23(30)34-8-4)17-21(28)32-6-2/h18-19,24-26H,5-17H2,1-4H3. The zero-order valence-corrected chi connectivity index (χ0v) is 21.1. The summed E-state index contributed by atoms with van der Waals surface area (Å²) in [6.45, 7) is 10.6. The Morgan fingerprint density at radius 3 is 1.38 bits per heavy atom. The van der Waals surface area contributed by atoms with Gasteiger partial charge in [0, 0.05) is 0 Å². The molecule has 0 aliphatic heterocycles. The largest absolute Gasteiger partial charge is 0.466 e. The second kappa shape index (κ2) is 21.3. The second-order valence-electron chi connectivity index (χ2n) is 7.35. The number of hydrogen-bond donors (Lipinski definition) is 3. The highest BCUT2D eigenvalue weighted by Crippen LogP contribution is 2.01. The molecule has 0 radical (unpaired) electrons. The van der Waals surface area contributed by atoms with Crippen molar-refractivity contribution in [1.29, 1.82) is 0 Å². The van der Waals surface area contributed by atoms with Crippen LogP contribution in [0.4, 0.5) is 0 Å². The van der Waals surface area contributed by atoms with Crippen LogP contribution in [0.25, 0.3) is 0 Å². The summed E-state index contributed by atoms with van der Waals surface area (Å²) in [7, 11) is 0. The molecule has 11 heteroatoms. The summed E-state index contributed by atoms with van der Waals surface area (Å²) in [6.07, 6.45) is 2.34. The van der Waals surface area contributed by atoms with Crippen molar-refractivity contribution in [2.45, 2.75) is 71.9 Å². The van der Waals surface area contributed by atoms with Crippen LogP contribution in [0.15, 0.2) is 0 Å². The maximum atomic E-state index is 12.0. The maximum Gasteiger partial charge on any atom is 0.323 e. The van der Waals surface area contributed by atoms with Crippen molar-refractivity contribution in [3.05, 3.63) is 0 Å². The Labute approximate surface area is 203 Å². The van der Waals surface area contributed by atoms with Gasteiger partial charge in [-0.05, 0) is 73.1 Å². The van der Waals surface area contributed by atoms with Crippen LogP contribution in [0.5, 0.6) is 0 Å². The Balaban J connectivity index is 4.06. The number of rotatable bonds is 21. The molecule has 0 aromatic rings. The third-order valence-corrected chi connectivity index (χ3v) is 4.59. The lowest BCUT2D eigenvalue weighted by Gasteiger charge is -2.17. The topological polar surface area (TPSA) is 141 Å². The third-order valence-electron chi connectivity index (χ3n) is 4.59. The average molecular weight is 490 g/mol. The van der Waals surface area contributed by atoms with Gasteiger partial charge >= 0.3 is 23.9 Å². The molecule has 34 heavy (non-hydrogen) atoms. The summed E-state index contributed by atoms with van der Waals surface area (Å²) in [5.41, 5.74) is 0. The minimum absolute atomic E-state index is 0.0547. The third kappa shape index (κ3) is 16.4. The summed E-state index contributed by atoms with van der Waals surface area (Å²) in [6, 6.07) is -1.42. The summed E-state index contributed by atoms with van der Waals surface area (Å²) >= 11 is 0. The first-order valence-corrected chi connectivity index (χ1v) is 12.2. The molecule has 0 aromatic heterocycles. The first-order valence-electron chi connectivity index (χ1n) is 12.2. The Morgan fingerprint density at radius 1 is 0.559 bits per heavy atom. The smallest absolute Gasteiger partial charge is 0.323 e. The number of nitrogens with one attached hydrogen (secondary N) is 3. The summed E-state index contributed by atoms with van der Waals surface area (Å²) in [5, 5.41) is 9.44. The molecular formula is C23H43N3O8. The molecule has 2 atom stereocenters. The summed E-state index contributed by atoms with van der Waals surface area (Å²) in [4.78, 5) is 47.4. The molecule has 0 saturated heterocycles. The summed E-state index contributed by atoms with van der Waals surface area (Å²) < 4.78 is 19.8. The van der Waals surface area contributed by atoms with Gasteiger partial charge in [0.05, 0.1) is 39.3 Å². The quantitative estimate of drug-likeness (QED) is 0.119. The number of unbranched alkanes of at least 4 members (excludes halogenated alkanes) is 1. The predicted molar refractivity (Wildman–Crippen MR) is 126 cm³/mol. The Hall–Kier alpha value is -2.24. The number of carbonyl (C=O) groups excluding carboxylic acids is 4. The zero-order valence-electron chi connectivity index (χ0n) is 21.1. The number of carbonyl (C=O) groups is 4. The van der Waals surface area contributed by atoms with E-state index in [0.717, 1.165) is 32.4 Å². The van der Waals surface area contributed by atoms with Gasteiger partial charge in [0.25, 0.3) is 0 Å². The molecule has 0 aromatic carbocycles. The van der Waals surface area contributed by atoms with Crippen molar-refractivity contribution in [2.24, 2.45) is 0 Å². The zero-order chi connectivity index (χ0) is 25.6. The van der Waals surface area contributed by atoms with Crippen LogP contribution in [0.2, 0.25) is 0 Å². The normalized spacial score (nSPS) is 12.5. The van der Waals surface area contributed by atoms with E-state index in [2.05, 4.69) is 16.0 Å². The van der Waals surface area contributed by atoms with E-state index < -0.39 is 36.0 Å². The fraction of sp³-hybridized carbons (Fsp3) is 0.826. The molecule has 11 nitrogen and oxygen atoms in total. The Bertz CT molecular complexity index is 539. The van der Waals surface area contributed by atoms with E-state index in [1.807, 2.05) is 0 Å². The van der Waals surface area contributed by atoms with Gasteiger partial charge in [-0.25, -0.2) is 0 Å². The molecule has 0 aliphatic rings. The van der Waals surface area contributed by atoms with Crippen LogP contribution in [0.1, 0.15) is 59.8 Å². The van der Waals surface area contributed by atoms with E-state index in [-0.39, 0.29) is 39.3 Å². The molecular weight excluding hydrogens is 446 g/mol. The van der Waals surface area contributed by atoms with Crippen molar-refractivity contribution in [3.63, 3.8) is 0 Å². The lowest BCUT2D eigenvalue weighted by molar-refractivity contribution is -0.152. The van der Waals surface area contributed by atoms with Gasteiger partial charge < -0.3 is 34.9 Å². The van der Waals surface area contributed by atoms with E-state index >= 15 is 0 Å². The van der Waals surface area contributed by atoms with E-state index in [1.165, 1.54) is 0 Å². The number of hydrogen-bond acceptors (Lipinski definition) is 11. The van der Waals surface area contributed by atoms with Gasteiger partial charge in [-0.15, -0.1) is 0 Å². The molecule has 2 unspecified atom stereocenters. The SMILES string of the molecule is CCOC(=O)CC(NCCCCNCCCNC(CC(=O)OCC)C(=O)OCC)C(=O)OCC. The molecule has 0 bridgehead atoms. The van der Waals surface area contributed by atoms with Gasteiger partial charge in [-0.3, -0.25) is 19.2 Å². The molecule has 198 valence electrons. The average Bonchev–Trinajstić information content (AvgIpc) is 2.79. The number of ether oxygens (including phenoxy) is 4. The van der Waals surface area contributed by atoms with Gasteiger partial charge in [0.2, 0.25) is 0 Å². The molecule has 0 aliphatic carbocycles. The lowest BCUT2D eigenvalue weighted by Crippen LogP contribution is -2.41. The minimum Gasteiger partial charge on any atom is -0.466 e. The highest BCUT2D eigenvalue weighted by molar-refractivity contribution is 5.83. The first kappa shape index (κ1) is 31.8. The van der Waals surface area contributed by atoms with Crippen molar-refractivity contribution in [1.82, 2.24) is 16.0 Å². The molecule has 0 spiro atoms. The van der Waals surface area contributed by atoms with Crippen molar-refractivity contribution >= 4 is 23.9 Å². The van der Waals surface area contributed by atoms with Crippen LogP contribution in [0, 0.1) is 0 Å². The van der Waals surface area contributed by atoms with Crippen molar-refractivity contribution in [2.75, 3.05) is 52.6 Å². The Kier molecular flexibility index (Phi) is 19.9. The first-order chi connectivity index (χ1) is 16.4. The van der Waals surface area contributed by atoms with Crippen molar-refractivity contribution in [3.8, 4) is 0 Å². The van der Waals surface area contributed by atoms with Crippen LogP contribution >= 0.6 is 0 Å². The highest BCUT2D eigenvalue weighted by atomic mass is 16.5.